The van der Waals surface area contributed by atoms with Crippen LogP contribution in [0.15, 0.2) is 36.1 Å². The van der Waals surface area contributed by atoms with Crippen LogP contribution in [0.2, 0.25) is 0 Å². The molecule has 1 aromatic rings. The van der Waals surface area contributed by atoms with Crippen LogP contribution in [0.1, 0.15) is 46.4 Å². The Kier molecular flexibility index (Phi) is 5.53. The zero-order valence-corrected chi connectivity index (χ0v) is 12.8. The molecule has 0 radical (unpaired) electrons. The van der Waals surface area contributed by atoms with Crippen molar-refractivity contribution in [3.05, 3.63) is 47.2 Å². The van der Waals surface area contributed by atoms with Crippen molar-refractivity contribution in [3.8, 4) is 0 Å². The van der Waals surface area contributed by atoms with Crippen molar-refractivity contribution < 1.29 is 14.3 Å². The molecule has 0 saturated carbocycles. The van der Waals surface area contributed by atoms with E-state index in [1.807, 2.05) is 0 Å². The summed E-state index contributed by atoms with van der Waals surface area (Å²) in [5.41, 5.74) is 0.899. The van der Waals surface area contributed by atoms with Crippen LogP contribution in [0.4, 0.5) is 0 Å². The monoisotopic (exact) mass is 336 g/mol. The molecule has 0 N–H and O–H groups in total. The third-order valence-corrected chi connectivity index (χ3v) is 3.77. The molecular formula is C16H17BrO3. The predicted octanol–water partition coefficient (Wildman–Crippen LogP) is 3.92. The van der Waals surface area contributed by atoms with Gasteiger partial charge in [0.1, 0.15) is 0 Å². The lowest BCUT2D eigenvalue weighted by Gasteiger charge is -2.15. The van der Waals surface area contributed by atoms with Crippen LogP contribution < -0.4 is 0 Å². The molecule has 4 heteroatoms. The van der Waals surface area contributed by atoms with Gasteiger partial charge in [0.15, 0.2) is 11.5 Å². The third kappa shape index (κ3) is 3.57. The number of Topliss-reactive ketones (excluding diaryl/α,β-unsaturated/α-hetero) is 1. The van der Waals surface area contributed by atoms with Crippen LogP contribution >= 0.6 is 15.9 Å². The van der Waals surface area contributed by atoms with E-state index in [2.05, 4.69) is 15.9 Å². The number of carbonyl (C=O) groups is 2. The Morgan fingerprint density at radius 2 is 1.65 bits per heavy atom. The van der Waals surface area contributed by atoms with Gasteiger partial charge in [-0.2, -0.15) is 0 Å². The molecule has 1 aliphatic carbocycles. The van der Waals surface area contributed by atoms with Crippen molar-refractivity contribution in [2.24, 2.45) is 0 Å². The smallest absolute Gasteiger partial charge is 0.228 e. The van der Waals surface area contributed by atoms with Crippen molar-refractivity contribution >= 4 is 27.5 Å². The summed E-state index contributed by atoms with van der Waals surface area (Å²) in [7, 11) is 0. The molecule has 0 heterocycles. The van der Waals surface area contributed by atoms with E-state index in [1.165, 1.54) is 6.08 Å². The Hall–Kier alpha value is -1.42. The van der Waals surface area contributed by atoms with E-state index in [0.717, 1.165) is 31.0 Å². The maximum Gasteiger partial charge on any atom is 0.228 e. The van der Waals surface area contributed by atoms with Crippen LogP contribution in [0.25, 0.3) is 0 Å². The zero-order valence-electron chi connectivity index (χ0n) is 11.2. The number of alkyl halides is 1. The molecule has 0 atom stereocenters. The van der Waals surface area contributed by atoms with Crippen molar-refractivity contribution in [1.29, 1.82) is 0 Å². The van der Waals surface area contributed by atoms with Gasteiger partial charge in [0.05, 0.1) is 6.61 Å². The number of hydrogen-bond acceptors (Lipinski definition) is 3. The highest BCUT2D eigenvalue weighted by molar-refractivity contribution is 9.09. The van der Waals surface area contributed by atoms with E-state index in [0.29, 0.717) is 17.7 Å². The van der Waals surface area contributed by atoms with E-state index < -0.39 is 0 Å². The lowest BCUT2D eigenvalue weighted by atomic mass is 9.94. The molecular weight excluding hydrogens is 320 g/mol. The van der Waals surface area contributed by atoms with Crippen LogP contribution in [-0.2, 0) is 4.74 Å². The average molecular weight is 337 g/mol. The summed E-state index contributed by atoms with van der Waals surface area (Å²) in [6, 6.07) is 6.85. The Balaban J connectivity index is 1.91. The topological polar surface area (TPSA) is 43.4 Å². The molecule has 0 spiro atoms. The number of fused-ring (bicyclic) bond motifs is 1. The standard InChI is InChI=1S/C16H17BrO3/c17-9-5-1-2-6-10-20-15-11-14(18)12-7-3-4-8-13(12)16(15)19/h3-4,7-8,11H,1-2,5-6,9-10H2. The predicted molar refractivity (Wildman–Crippen MR) is 81.4 cm³/mol. The fraction of sp³-hybridized carbons (Fsp3) is 0.375. The van der Waals surface area contributed by atoms with E-state index in [1.54, 1.807) is 24.3 Å². The van der Waals surface area contributed by atoms with Crippen molar-refractivity contribution in [2.45, 2.75) is 25.7 Å². The van der Waals surface area contributed by atoms with E-state index >= 15 is 0 Å². The van der Waals surface area contributed by atoms with Crippen molar-refractivity contribution in [2.75, 3.05) is 11.9 Å². The SMILES string of the molecule is O=C1C=C(OCCCCCCBr)C(=O)c2ccccc21. The van der Waals surface area contributed by atoms with E-state index in [-0.39, 0.29) is 17.3 Å². The first-order chi connectivity index (χ1) is 9.74. The summed E-state index contributed by atoms with van der Waals surface area (Å²) in [4.78, 5) is 24.1. The lowest BCUT2D eigenvalue weighted by Crippen LogP contribution is -2.18. The summed E-state index contributed by atoms with van der Waals surface area (Å²) < 4.78 is 5.48. The van der Waals surface area contributed by atoms with Gasteiger partial charge in [0, 0.05) is 22.5 Å². The minimum Gasteiger partial charge on any atom is -0.489 e. The molecule has 1 aromatic carbocycles. The highest BCUT2D eigenvalue weighted by Gasteiger charge is 2.26. The minimum absolute atomic E-state index is 0.158. The fourth-order valence-electron chi connectivity index (χ4n) is 2.13. The largest absolute Gasteiger partial charge is 0.489 e. The second kappa shape index (κ2) is 7.39. The summed E-state index contributed by atoms with van der Waals surface area (Å²) in [6.07, 6.45) is 5.56. The Morgan fingerprint density at radius 3 is 2.40 bits per heavy atom. The second-order valence-electron chi connectivity index (χ2n) is 4.70. The number of ether oxygens (including phenoxy) is 1. The number of benzene rings is 1. The maximum absolute atomic E-state index is 12.2. The normalized spacial score (nSPS) is 13.9. The van der Waals surface area contributed by atoms with Gasteiger partial charge in [-0.15, -0.1) is 0 Å². The molecule has 1 aliphatic rings. The summed E-state index contributed by atoms with van der Waals surface area (Å²) in [6.45, 7) is 0.481. The molecule has 106 valence electrons. The van der Waals surface area contributed by atoms with Gasteiger partial charge in [-0.05, 0) is 12.8 Å². The number of unbranched alkanes of at least 4 members (excludes halogenated alkanes) is 3. The highest BCUT2D eigenvalue weighted by atomic mass is 79.9. The molecule has 2 rings (SSSR count). The molecule has 3 nitrogen and oxygen atoms in total. The quantitative estimate of drug-likeness (QED) is 0.559. The van der Waals surface area contributed by atoms with Crippen molar-refractivity contribution in [3.63, 3.8) is 0 Å². The Bertz CT molecular complexity index is 534. The molecule has 0 saturated heterocycles. The number of allylic oxidation sites excluding steroid dienone is 2. The molecule has 20 heavy (non-hydrogen) atoms. The first kappa shape index (κ1) is 15.0. The van der Waals surface area contributed by atoms with Gasteiger partial charge in [0.2, 0.25) is 5.78 Å². The highest BCUT2D eigenvalue weighted by Crippen LogP contribution is 2.21. The van der Waals surface area contributed by atoms with Crippen LogP contribution in [0.3, 0.4) is 0 Å². The van der Waals surface area contributed by atoms with Crippen LogP contribution in [0, 0.1) is 0 Å². The molecule has 0 unspecified atom stereocenters. The van der Waals surface area contributed by atoms with E-state index in [9.17, 15) is 9.59 Å². The lowest BCUT2D eigenvalue weighted by molar-refractivity contribution is 0.0879. The Labute approximate surface area is 127 Å². The van der Waals surface area contributed by atoms with Crippen LogP contribution in [-0.4, -0.2) is 23.5 Å². The molecule has 0 fully saturated rings. The molecule has 0 aromatic heterocycles. The zero-order chi connectivity index (χ0) is 14.4. The average Bonchev–Trinajstić information content (AvgIpc) is 2.47. The molecule has 0 bridgehead atoms. The van der Waals surface area contributed by atoms with Gasteiger partial charge >= 0.3 is 0 Å². The maximum atomic E-state index is 12.2. The fourth-order valence-corrected chi connectivity index (χ4v) is 2.53. The first-order valence-electron chi connectivity index (χ1n) is 6.82. The summed E-state index contributed by atoms with van der Waals surface area (Å²) in [5, 5.41) is 1.02. The number of halogens is 1. The van der Waals surface area contributed by atoms with Crippen LogP contribution in [0.5, 0.6) is 0 Å². The molecule has 0 amide bonds. The third-order valence-electron chi connectivity index (χ3n) is 3.21. The Morgan fingerprint density at radius 1 is 0.950 bits per heavy atom. The van der Waals surface area contributed by atoms with Gasteiger partial charge in [-0.25, -0.2) is 0 Å². The first-order valence-corrected chi connectivity index (χ1v) is 7.94. The van der Waals surface area contributed by atoms with Gasteiger partial charge < -0.3 is 4.74 Å². The number of carbonyl (C=O) groups excluding carboxylic acids is 2. The minimum atomic E-state index is -0.194. The van der Waals surface area contributed by atoms with Gasteiger partial charge in [-0.3, -0.25) is 9.59 Å². The van der Waals surface area contributed by atoms with Gasteiger partial charge in [-0.1, -0.05) is 53.0 Å². The second-order valence-corrected chi connectivity index (χ2v) is 5.49. The molecule has 0 aliphatic heterocycles. The number of ketones is 2. The van der Waals surface area contributed by atoms with E-state index in [4.69, 9.17) is 4.74 Å². The summed E-state index contributed by atoms with van der Waals surface area (Å²) >= 11 is 3.39. The number of rotatable bonds is 7. The van der Waals surface area contributed by atoms with Gasteiger partial charge in [0.25, 0.3) is 0 Å². The number of hydrogen-bond donors (Lipinski definition) is 0. The van der Waals surface area contributed by atoms with Crippen molar-refractivity contribution in [1.82, 2.24) is 0 Å². The summed E-state index contributed by atoms with van der Waals surface area (Å²) in [5.74, 6) is -0.177.